The minimum atomic E-state index is -0.321. The van der Waals surface area contributed by atoms with Crippen molar-refractivity contribution < 1.29 is 9.90 Å². The largest absolute Gasteiger partial charge is 0.392 e. The molecule has 5 heteroatoms. The average Bonchev–Trinajstić information content (AvgIpc) is 2.39. The van der Waals surface area contributed by atoms with Crippen molar-refractivity contribution in [2.24, 2.45) is 0 Å². The van der Waals surface area contributed by atoms with Crippen molar-refractivity contribution in [1.82, 2.24) is 9.80 Å². The van der Waals surface area contributed by atoms with Gasteiger partial charge in [0.05, 0.1) is 6.10 Å². The predicted molar refractivity (Wildman–Crippen MR) is 75.5 cm³/mol. The number of carbonyl (C=O) groups is 1. The van der Waals surface area contributed by atoms with Crippen molar-refractivity contribution in [3.8, 4) is 0 Å². The van der Waals surface area contributed by atoms with E-state index in [9.17, 15) is 9.90 Å². The topological polar surface area (TPSA) is 43.8 Å². The van der Waals surface area contributed by atoms with Crippen LogP contribution >= 0.6 is 11.6 Å². The van der Waals surface area contributed by atoms with Crippen molar-refractivity contribution in [3.63, 3.8) is 0 Å². The predicted octanol–water partition coefficient (Wildman–Crippen LogP) is 1.48. The Morgan fingerprint density at radius 1 is 1.26 bits per heavy atom. The second kappa shape index (κ2) is 6.37. The monoisotopic (exact) mass is 282 g/mol. The maximum Gasteiger partial charge on any atom is 0.253 e. The third-order valence-corrected chi connectivity index (χ3v) is 3.53. The molecule has 1 amide bonds. The molecule has 4 nitrogen and oxygen atoms in total. The molecule has 0 aliphatic carbocycles. The van der Waals surface area contributed by atoms with Gasteiger partial charge in [-0.2, -0.15) is 0 Å². The average molecular weight is 283 g/mol. The van der Waals surface area contributed by atoms with Gasteiger partial charge in [-0.3, -0.25) is 9.69 Å². The molecule has 1 fully saturated rings. The van der Waals surface area contributed by atoms with E-state index in [1.807, 2.05) is 4.90 Å². The number of aliphatic hydroxyl groups excluding tert-OH is 1. The molecule has 0 spiro atoms. The number of hydrogen-bond acceptors (Lipinski definition) is 3. The normalized spacial score (nSPS) is 18.4. The van der Waals surface area contributed by atoms with E-state index >= 15 is 0 Å². The third kappa shape index (κ3) is 3.93. The van der Waals surface area contributed by atoms with Crippen LogP contribution in [0.5, 0.6) is 0 Å². The summed E-state index contributed by atoms with van der Waals surface area (Å²) in [6.07, 6.45) is -0.321. The number of aliphatic hydroxyl groups is 1. The zero-order valence-electron chi connectivity index (χ0n) is 11.1. The molecule has 1 aliphatic rings. The fourth-order valence-electron chi connectivity index (χ4n) is 2.28. The Morgan fingerprint density at radius 2 is 1.84 bits per heavy atom. The molecular formula is C14H19ClN2O2. The third-order valence-electron chi connectivity index (χ3n) is 3.27. The highest BCUT2D eigenvalue weighted by Crippen LogP contribution is 2.13. The van der Waals surface area contributed by atoms with Crippen LogP contribution in [0.4, 0.5) is 0 Å². The van der Waals surface area contributed by atoms with E-state index in [0.29, 0.717) is 30.2 Å². The first kappa shape index (κ1) is 14.3. The van der Waals surface area contributed by atoms with Gasteiger partial charge in [0.1, 0.15) is 0 Å². The van der Waals surface area contributed by atoms with Crippen LogP contribution in [0.1, 0.15) is 17.3 Å². The molecule has 19 heavy (non-hydrogen) atoms. The molecule has 1 atom stereocenters. The molecule has 0 unspecified atom stereocenters. The lowest BCUT2D eigenvalue weighted by atomic mass is 10.2. The molecule has 0 saturated carbocycles. The molecule has 1 saturated heterocycles. The summed E-state index contributed by atoms with van der Waals surface area (Å²) in [6, 6.07) is 6.98. The van der Waals surface area contributed by atoms with E-state index < -0.39 is 0 Å². The number of hydrogen-bond donors (Lipinski definition) is 1. The lowest BCUT2D eigenvalue weighted by Gasteiger charge is -2.35. The van der Waals surface area contributed by atoms with Crippen LogP contribution in [0.3, 0.4) is 0 Å². The van der Waals surface area contributed by atoms with E-state index in [1.54, 1.807) is 31.2 Å². The Morgan fingerprint density at radius 3 is 2.37 bits per heavy atom. The number of piperazine rings is 1. The Balaban J connectivity index is 1.90. The van der Waals surface area contributed by atoms with E-state index in [-0.39, 0.29) is 12.0 Å². The van der Waals surface area contributed by atoms with Gasteiger partial charge in [-0.1, -0.05) is 11.6 Å². The lowest BCUT2D eigenvalue weighted by molar-refractivity contribution is 0.0554. The number of carbonyl (C=O) groups excluding carboxylic acids is 1. The molecule has 2 rings (SSSR count). The number of rotatable bonds is 3. The van der Waals surface area contributed by atoms with Gasteiger partial charge in [-0.25, -0.2) is 0 Å². The molecule has 104 valence electrons. The van der Waals surface area contributed by atoms with Gasteiger partial charge in [0, 0.05) is 43.3 Å². The van der Waals surface area contributed by atoms with Crippen LogP contribution in [0.2, 0.25) is 5.02 Å². The van der Waals surface area contributed by atoms with Crippen molar-refractivity contribution >= 4 is 17.5 Å². The van der Waals surface area contributed by atoms with Crippen LogP contribution in [0.15, 0.2) is 24.3 Å². The van der Waals surface area contributed by atoms with Gasteiger partial charge in [0.2, 0.25) is 0 Å². The second-order valence-electron chi connectivity index (χ2n) is 4.95. The van der Waals surface area contributed by atoms with Gasteiger partial charge in [-0.05, 0) is 31.2 Å². The van der Waals surface area contributed by atoms with Crippen molar-refractivity contribution in [1.29, 1.82) is 0 Å². The number of nitrogens with zero attached hydrogens (tertiary/aromatic N) is 2. The number of halogens is 1. The summed E-state index contributed by atoms with van der Waals surface area (Å²) in [4.78, 5) is 16.3. The van der Waals surface area contributed by atoms with Crippen molar-refractivity contribution in [2.45, 2.75) is 13.0 Å². The van der Waals surface area contributed by atoms with E-state index in [4.69, 9.17) is 11.6 Å². The summed E-state index contributed by atoms with van der Waals surface area (Å²) in [5, 5.41) is 9.99. The fourth-order valence-corrected chi connectivity index (χ4v) is 2.41. The summed E-state index contributed by atoms with van der Waals surface area (Å²) in [5.74, 6) is 0.0494. The van der Waals surface area contributed by atoms with Crippen LogP contribution in [0, 0.1) is 0 Å². The summed E-state index contributed by atoms with van der Waals surface area (Å²) >= 11 is 5.81. The molecule has 1 aliphatic heterocycles. The van der Waals surface area contributed by atoms with Crippen LogP contribution < -0.4 is 0 Å². The first-order valence-corrected chi connectivity index (χ1v) is 6.89. The maximum atomic E-state index is 12.3. The smallest absolute Gasteiger partial charge is 0.253 e. The quantitative estimate of drug-likeness (QED) is 0.913. The summed E-state index contributed by atoms with van der Waals surface area (Å²) in [7, 11) is 0. The first-order valence-electron chi connectivity index (χ1n) is 6.51. The SMILES string of the molecule is C[C@H](O)CN1CCN(C(=O)c2ccc(Cl)cc2)CC1. The summed E-state index contributed by atoms with van der Waals surface area (Å²) < 4.78 is 0. The Hall–Kier alpha value is -1.10. The van der Waals surface area contributed by atoms with Gasteiger partial charge in [0.25, 0.3) is 5.91 Å². The Labute approximate surface area is 118 Å². The number of β-amino-alcohol motifs (C(OH)–C–C–N with tert-alkyl or cyclic N) is 1. The van der Waals surface area contributed by atoms with Gasteiger partial charge in [-0.15, -0.1) is 0 Å². The van der Waals surface area contributed by atoms with Crippen molar-refractivity contribution in [3.05, 3.63) is 34.9 Å². The van der Waals surface area contributed by atoms with Gasteiger partial charge >= 0.3 is 0 Å². The number of amides is 1. The van der Waals surface area contributed by atoms with Gasteiger partial charge < -0.3 is 10.0 Å². The maximum absolute atomic E-state index is 12.3. The molecular weight excluding hydrogens is 264 g/mol. The van der Waals surface area contributed by atoms with Crippen LogP contribution in [-0.2, 0) is 0 Å². The molecule has 1 aromatic rings. The van der Waals surface area contributed by atoms with Crippen molar-refractivity contribution in [2.75, 3.05) is 32.7 Å². The van der Waals surface area contributed by atoms with E-state index in [1.165, 1.54) is 0 Å². The minimum absolute atomic E-state index is 0.0494. The number of benzene rings is 1. The van der Waals surface area contributed by atoms with Crippen LogP contribution in [-0.4, -0.2) is 59.6 Å². The van der Waals surface area contributed by atoms with Gasteiger partial charge in [0.15, 0.2) is 0 Å². The fraction of sp³-hybridized carbons (Fsp3) is 0.500. The highest BCUT2D eigenvalue weighted by molar-refractivity contribution is 6.30. The van der Waals surface area contributed by atoms with E-state index in [0.717, 1.165) is 13.1 Å². The molecule has 0 bridgehead atoms. The summed E-state index contributed by atoms with van der Waals surface area (Å²) in [5.41, 5.74) is 0.674. The van der Waals surface area contributed by atoms with Crippen LogP contribution in [0.25, 0.3) is 0 Å². The summed E-state index contributed by atoms with van der Waals surface area (Å²) in [6.45, 7) is 5.48. The van der Waals surface area contributed by atoms with E-state index in [2.05, 4.69) is 4.90 Å². The zero-order chi connectivity index (χ0) is 13.8. The molecule has 1 N–H and O–H groups in total. The minimum Gasteiger partial charge on any atom is -0.392 e. The highest BCUT2D eigenvalue weighted by atomic mass is 35.5. The second-order valence-corrected chi connectivity index (χ2v) is 5.39. The lowest BCUT2D eigenvalue weighted by Crippen LogP contribution is -2.50. The molecule has 1 heterocycles. The molecule has 0 aromatic heterocycles. The first-order chi connectivity index (χ1) is 9.06. The zero-order valence-corrected chi connectivity index (χ0v) is 11.8. The molecule has 1 aromatic carbocycles. The standard InChI is InChI=1S/C14H19ClN2O2/c1-11(18)10-16-6-8-17(9-7-16)14(19)12-2-4-13(15)5-3-12/h2-5,11,18H,6-10H2,1H3/t11-/m0/s1. The Kier molecular flexibility index (Phi) is 4.80. The highest BCUT2D eigenvalue weighted by Gasteiger charge is 2.22. The molecule has 0 radical (unpaired) electrons. The Bertz CT molecular complexity index is 426.